The molecule has 64 valence electrons. The lowest BCUT2D eigenvalue weighted by atomic mass is 10.1. The molecule has 1 aliphatic heterocycles. The van der Waals surface area contributed by atoms with Gasteiger partial charge in [0.2, 0.25) is 0 Å². The molecule has 0 aromatic carbocycles. The molecule has 1 fully saturated rings. The number of amides is 1. The molecule has 6 heteroatoms. The fourth-order valence-electron chi connectivity index (χ4n) is 0.937. The van der Waals surface area contributed by atoms with Gasteiger partial charge in [-0.1, -0.05) is 0 Å². The average Bonchev–Trinajstić information content (AvgIpc) is 2.17. The van der Waals surface area contributed by atoms with Gasteiger partial charge in [0.25, 0.3) is 5.91 Å². The Labute approximate surface area is 62.1 Å². The molecule has 1 aliphatic rings. The first-order chi connectivity index (χ1) is 5.04. The highest BCUT2D eigenvalue weighted by Gasteiger charge is 2.43. The number of nitrogens with one attached hydrogen (secondary N) is 1. The lowest BCUT2D eigenvalue weighted by Crippen LogP contribution is -2.43. The van der Waals surface area contributed by atoms with Crippen molar-refractivity contribution >= 4 is 5.91 Å². The van der Waals surface area contributed by atoms with Crippen LogP contribution in [0.15, 0.2) is 0 Å². The van der Waals surface area contributed by atoms with Crippen molar-refractivity contribution in [3.05, 3.63) is 0 Å². The van der Waals surface area contributed by atoms with Gasteiger partial charge in [0, 0.05) is 0 Å². The Morgan fingerprint density at radius 2 is 1.91 bits per heavy atom. The predicted octanol–water partition coefficient (Wildman–Crippen LogP) is -3.48. The van der Waals surface area contributed by atoms with E-state index in [2.05, 4.69) is 0 Å². The minimum atomic E-state index is -1.86. The summed E-state index contributed by atoms with van der Waals surface area (Å²) in [5, 5.41) is 36.8. The SMILES string of the molecule is O=C1NC(C(O)O)C(O)C1O. The summed E-state index contributed by atoms with van der Waals surface area (Å²) >= 11 is 0. The van der Waals surface area contributed by atoms with Crippen molar-refractivity contribution in [1.29, 1.82) is 0 Å². The molecule has 0 radical (unpaired) electrons. The van der Waals surface area contributed by atoms with E-state index in [-0.39, 0.29) is 0 Å². The van der Waals surface area contributed by atoms with Crippen LogP contribution >= 0.6 is 0 Å². The standard InChI is InChI=1S/C5H9NO5/c7-2-1(5(10)11)6-4(9)3(2)8/h1-3,5,7-8,10-11H,(H,6,9). The molecule has 3 atom stereocenters. The van der Waals surface area contributed by atoms with Crippen LogP contribution in [-0.4, -0.2) is 50.9 Å². The largest absolute Gasteiger partial charge is 0.387 e. The molecule has 0 aromatic heterocycles. The minimum absolute atomic E-state index is 0.796. The van der Waals surface area contributed by atoms with Gasteiger partial charge in [0.1, 0.15) is 12.1 Å². The summed E-state index contributed by atoms with van der Waals surface area (Å²) in [5.74, 6) is -0.796. The van der Waals surface area contributed by atoms with Gasteiger partial charge in [-0.05, 0) is 0 Å². The summed E-state index contributed by atoms with van der Waals surface area (Å²) in [6.45, 7) is 0. The number of hydrogen-bond acceptors (Lipinski definition) is 5. The van der Waals surface area contributed by atoms with Crippen molar-refractivity contribution in [1.82, 2.24) is 5.32 Å². The lowest BCUT2D eigenvalue weighted by molar-refractivity contribution is -0.128. The van der Waals surface area contributed by atoms with Crippen molar-refractivity contribution < 1.29 is 25.2 Å². The molecule has 0 spiro atoms. The Kier molecular flexibility index (Phi) is 2.10. The average molecular weight is 163 g/mol. The van der Waals surface area contributed by atoms with E-state index in [4.69, 9.17) is 20.4 Å². The van der Waals surface area contributed by atoms with E-state index in [1.54, 1.807) is 0 Å². The summed E-state index contributed by atoms with van der Waals surface area (Å²) in [5.41, 5.74) is 0. The molecule has 3 unspecified atom stereocenters. The number of rotatable bonds is 1. The van der Waals surface area contributed by atoms with Gasteiger partial charge in [0.05, 0.1) is 0 Å². The molecule has 5 N–H and O–H groups in total. The maximum Gasteiger partial charge on any atom is 0.252 e. The topological polar surface area (TPSA) is 110 Å². The number of aliphatic hydroxyl groups is 4. The highest BCUT2D eigenvalue weighted by molar-refractivity contribution is 5.84. The van der Waals surface area contributed by atoms with Gasteiger partial charge in [-0.2, -0.15) is 0 Å². The summed E-state index contributed by atoms with van der Waals surface area (Å²) < 4.78 is 0. The second kappa shape index (κ2) is 2.74. The molecule has 0 bridgehead atoms. The molecule has 11 heavy (non-hydrogen) atoms. The first-order valence-electron chi connectivity index (χ1n) is 3.06. The predicted molar refractivity (Wildman–Crippen MR) is 32.2 cm³/mol. The minimum Gasteiger partial charge on any atom is -0.387 e. The van der Waals surface area contributed by atoms with E-state index in [1.165, 1.54) is 0 Å². The molecular weight excluding hydrogens is 154 g/mol. The highest BCUT2D eigenvalue weighted by Crippen LogP contribution is 2.10. The Bertz CT molecular complexity index is 170. The Morgan fingerprint density at radius 3 is 2.09 bits per heavy atom. The van der Waals surface area contributed by atoms with Gasteiger partial charge >= 0.3 is 0 Å². The molecule has 0 saturated carbocycles. The van der Waals surface area contributed by atoms with Gasteiger partial charge < -0.3 is 25.7 Å². The Morgan fingerprint density at radius 1 is 1.36 bits per heavy atom. The van der Waals surface area contributed by atoms with E-state index < -0.39 is 30.4 Å². The first-order valence-corrected chi connectivity index (χ1v) is 3.06. The van der Waals surface area contributed by atoms with E-state index in [9.17, 15) is 4.79 Å². The van der Waals surface area contributed by atoms with Crippen molar-refractivity contribution in [2.45, 2.75) is 24.5 Å². The fraction of sp³-hybridized carbons (Fsp3) is 0.800. The van der Waals surface area contributed by atoms with Crippen LogP contribution in [0.25, 0.3) is 0 Å². The summed E-state index contributed by atoms with van der Waals surface area (Å²) in [6.07, 6.45) is -4.88. The molecule has 6 nitrogen and oxygen atoms in total. The maximum absolute atomic E-state index is 10.6. The quantitative estimate of drug-likeness (QED) is 0.258. The van der Waals surface area contributed by atoms with Crippen molar-refractivity contribution in [3.8, 4) is 0 Å². The molecule has 1 saturated heterocycles. The number of carbonyl (C=O) groups is 1. The molecular formula is C5H9NO5. The zero-order chi connectivity index (χ0) is 8.59. The van der Waals surface area contributed by atoms with E-state index >= 15 is 0 Å². The third-order valence-corrected chi connectivity index (χ3v) is 1.59. The third kappa shape index (κ3) is 1.33. The van der Waals surface area contributed by atoms with Crippen LogP contribution in [0.2, 0.25) is 0 Å². The van der Waals surface area contributed by atoms with Crippen LogP contribution in [0.5, 0.6) is 0 Å². The molecule has 0 aromatic rings. The number of aliphatic hydroxyl groups excluding tert-OH is 3. The maximum atomic E-state index is 10.6. The third-order valence-electron chi connectivity index (χ3n) is 1.59. The van der Waals surface area contributed by atoms with Crippen LogP contribution in [0.1, 0.15) is 0 Å². The van der Waals surface area contributed by atoms with Gasteiger partial charge in [-0.15, -0.1) is 0 Å². The zero-order valence-electron chi connectivity index (χ0n) is 5.51. The second-order valence-corrected chi connectivity index (χ2v) is 2.38. The molecule has 1 rings (SSSR count). The summed E-state index contributed by atoms with van der Waals surface area (Å²) in [7, 11) is 0. The lowest BCUT2D eigenvalue weighted by Gasteiger charge is -2.15. The summed E-state index contributed by atoms with van der Waals surface area (Å²) in [6, 6.07) is -1.20. The van der Waals surface area contributed by atoms with E-state index in [0.29, 0.717) is 0 Å². The molecule has 0 aliphatic carbocycles. The summed E-state index contributed by atoms with van der Waals surface area (Å²) in [4.78, 5) is 10.6. The zero-order valence-corrected chi connectivity index (χ0v) is 5.51. The van der Waals surface area contributed by atoms with Crippen molar-refractivity contribution in [2.75, 3.05) is 0 Å². The smallest absolute Gasteiger partial charge is 0.252 e. The van der Waals surface area contributed by atoms with Crippen LogP contribution in [0.3, 0.4) is 0 Å². The van der Waals surface area contributed by atoms with Crippen LogP contribution in [0, 0.1) is 0 Å². The normalized spacial score (nSPS) is 37.9. The number of carbonyl (C=O) groups excluding carboxylic acids is 1. The monoisotopic (exact) mass is 163 g/mol. The van der Waals surface area contributed by atoms with Crippen LogP contribution < -0.4 is 5.32 Å². The van der Waals surface area contributed by atoms with Crippen LogP contribution in [-0.2, 0) is 4.79 Å². The fourth-order valence-corrected chi connectivity index (χ4v) is 0.937. The van der Waals surface area contributed by atoms with Gasteiger partial charge in [-0.3, -0.25) is 4.79 Å². The van der Waals surface area contributed by atoms with Crippen molar-refractivity contribution in [2.24, 2.45) is 0 Å². The van der Waals surface area contributed by atoms with E-state index in [0.717, 1.165) is 0 Å². The molecule has 1 heterocycles. The molecule has 1 amide bonds. The Hall–Kier alpha value is -0.690. The number of hydrogen-bond donors (Lipinski definition) is 5. The van der Waals surface area contributed by atoms with Crippen molar-refractivity contribution in [3.63, 3.8) is 0 Å². The Balaban J connectivity index is 2.67. The second-order valence-electron chi connectivity index (χ2n) is 2.38. The first kappa shape index (κ1) is 8.41. The van der Waals surface area contributed by atoms with Crippen LogP contribution in [0.4, 0.5) is 0 Å². The highest BCUT2D eigenvalue weighted by atomic mass is 16.5. The van der Waals surface area contributed by atoms with Gasteiger partial charge in [0.15, 0.2) is 12.4 Å². The van der Waals surface area contributed by atoms with Gasteiger partial charge in [-0.25, -0.2) is 0 Å². The van der Waals surface area contributed by atoms with E-state index in [1.807, 2.05) is 5.32 Å².